The van der Waals surface area contributed by atoms with E-state index < -0.39 is 17.4 Å². The number of nitrogens with one attached hydrogen (secondary N) is 2. The van der Waals surface area contributed by atoms with Crippen molar-refractivity contribution >= 4 is 28.7 Å². The average Bonchev–Trinajstić information content (AvgIpc) is 3.36. The van der Waals surface area contributed by atoms with Crippen molar-refractivity contribution < 1.29 is 33.0 Å². The van der Waals surface area contributed by atoms with E-state index in [0.29, 0.717) is 46.3 Å². The van der Waals surface area contributed by atoms with Gasteiger partial charge in [0.2, 0.25) is 11.7 Å². The summed E-state index contributed by atoms with van der Waals surface area (Å²) < 4.78 is 23.3. The quantitative estimate of drug-likeness (QED) is 0.334. The van der Waals surface area contributed by atoms with Crippen LogP contribution in [0.1, 0.15) is 85.4 Å². The topological polar surface area (TPSA) is 143 Å². The summed E-state index contributed by atoms with van der Waals surface area (Å²) in [7, 11) is 3.12. The molecule has 0 radical (unpaired) electrons. The van der Waals surface area contributed by atoms with Crippen LogP contribution in [0.15, 0.2) is 40.8 Å². The van der Waals surface area contributed by atoms with E-state index in [1.807, 2.05) is 20.8 Å². The summed E-state index contributed by atoms with van der Waals surface area (Å²) in [5.41, 5.74) is -0.115. The number of carbonyl (C=O) groups excluding carboxylic acids is 3. The Bertz CT molecular complexity index is 1660. The van der Waals surface area contributed by atoms with Gasteiger partial charge in [0.05, 0.1) is 30.2 Å². The van der Waals surface area contributed by atoms with E-state index in [1.54, 1.807) is 55.3 Å². The predicted octanol–water partition coefficient (Wildman–Crippen LogP) is 4.71. The van der Waals surface area contributed by atoms with Crippen molar-refractivity contribution in [3.63, 3.8) is 0 Å². The monoisotopic (exact) mass is 616 g/mol. The molecule has 0 spiro atoms. The van der Waals surface area contributed by atoms with Crippen LogP contribution in [0, 0.1) is 11.3 Å². The van der Waals surface area contributed by atoms with Gasteiger partial charge in [-0.2, -0.15) is 5.26 Å². The summed E-state index contributed by atoms with van der Waals surface area (Å²) in [4.78, 5) is 42.9. The van der Waals surface area contributed by atoms with Crippen LogP contribution in [0.5, 0.6) is 11.5 Å². The third-order valence-electron chi connectivity index (χ3n) is 9.48. The maximum atomic E-state index is 14.3. The van der Waals surface area contributed by atoms with Crippen molar-refractivity contribution in [3.8, 4) is 17.6 Å². The van der Waals surface area contributed by atoms with E-state index in [0.717, 1.165) is 12.8 Å². The summed E-state index contributed by atoms with van der Waals surface area (Å²) in [6.07, 6.45) is 2.60. The van der Waals surface area contributed by atoms with Crippen molar-refractivity contribution in [1.29, 1.82) is 5.26 Å². The third-order valence-corrected chi connectivity index (χ3v) is 9.48. The first-order valence-corrected chi connectivity index (χ1v) is 15.2. The van der Waals surface area contributed by atoms with E-state index in [2.05, 4.69) is 16.7 Å². The highest BCUT2D eigenvalue weighted by Crippen LogP contribution is 2.42. The summed E-state index contributed by atoms with van der Waals surface area (Å²) in [6, 6.07) is 11.9. The number of rotatable bonds is 10. The number of carbonyl (C=O) groups is 3. The van der Waals surface area contributed by atoms with Crippen LogP contribution in [0.3, 0.4) is 0 Å². The van der Waals surface area contributed by atoms with Gasteiger partial charge in [0.15, 0.2) is 11.3 Å². The van der Waals surface area contributed by atoms with Crippen molar-refractivity contribution in [2.24, 2.45) is 0 Å². The normalized spacial score (nSPS) is 21.2. The second-order valence-corrected chi connectivity index (χ2v) is 12.2. The van der Waals surface area contributed by atoms with Crippen LogP contribution >= 0.6 is 0 Å². The standard InChI is InChI=1S/C34H40N4O7/c1-7-33(3,8-2)37-30(39)20-12-13-24-27(14-20)45-29-28(24)44-19-34(4,38(31(29)40)22-15-23(16-22)42-5)32(41)36-18-25-21(17-35)10-9-11-26(25)43-6/h9-14,22-23H,7-8,15-16,18-19H2,1-6H3,(H,36,41)(H,37,39)/t22-,23+,34?. The van der Waals surface area contributed by atoms with Gasteiger partial charge >= 0.3 is 0 Å². The van der Waals surface area contributed by atoms with Gasteiger partial charge in [0.1, 0.15) is 17.9 Å². The lowest BCUT2D eigenvalue weighted by Crippen LogP contribution is -2.66. The number of fused-ring (bicyclic) bond motifs is 3. The number of hydrogen-bond donors (Lipinski definition) is 2. The first-order valence-electron chi connectivity index (χ1n) is 15.2. The molecule has 0 saturated heterocycles. The highest BCUT2D eigenvalue weighted by atomic mass is 16.5. The number of hydrogen-bond acceptors (Lipinski definition) is 8. The van der Waals surface area contributed by atoms with Gasteiger partial charge < -0.3 is 34.2 Å². The number of nitriles is 1. The van der Waals surface area contributed by atoms with Crippen LogP contribution < -0.4 is 20.1 Å². The molecule has 1 unspecified atom stereocenters. The van der Waals surface area contributed by atoms with Crippen molar-refractivity contribution in [2.45, 2.75) is 83.1 Å². The zero-order chi connectivity index (χ0) is 32.5. The van der Waals surface area contributed by atoms with Gasteiger partial charge in [-0.05, 0) is 69.9 Å². The molecule has 2 heterocycles. The molecule has 1 aliphatic heterocycles. The summed E-state index contributed by atoms with van der Waals surface area (Å²) in [5.74, 6) is -0.490. The molecule has 1 saturated carbocycles. The Balaban J connectivity index is 1.47. The largest absolute Gasteiger partial charge is 0.496 e. The number of ether oxygens (including phenoxy) is 3. The Morgan fingerprint density at radius 1 is 1.18 bits per heavy atom. The van der Waals surface area contributed by atoms with Gasteiger partial charge in [-0.25, -0.2) is 0 Å². The number of amides is 3. The fraction of sp³-hybridized carbons (Fsp3) is 0.471. The molecule has 1 atom stereocenters. The van der Waals surface area contributed by atoms with Crippen molar-refractivity contribution in [2.75, 3.05) is 20.8 Å². The Kier molecular flexibility index (Phi) is 8.81. The molecule has 238 valence electrons. The molecule has 3 aromatic rings. The molecule has 1 aliphatic carbocycles. The molecule has 45 heavy (non-hydrogen) atoms. The van der Waals surface area contributed by atoms with Crippen LogP contribution in [-0.4, -0.2) is 66.7 Å². The van der Waals surface area contributed by atoms with Crippen molar-refractivity contribution in [1.82, 2.24) is 15.5 Å². The molecular formula is C34H40N4O7. The van der Waals surface area contributed by atoms with Crippen molar-refractivity contribution in [3.05, 3.63) is 58.8 Å². The minimum atomic E-state index is -1.42. The number of methoxy groups -OCH3 is 2. The molecule has 2 aliphatic rings. The van der Waals surface area contributed by atoms with E-state index in [1.165, 1.54) is 7.11 Å². The Morgan fingerprint density at radius 3 is 2.56 bits per heavy atom. The molecule has 11 heteroatoms. The first kappa shape index (κ1) is 31.9. The zero-order valence-corrected chi connectivity index (χ0v) is 26.6. The third kappa shape index (κ3) is 5.71. The van der Waals surface area contributed by atoms with E-state index in [9.17, 15) is 19.6 Å². The first-order chi connectivity index (χ1) is 21.5. The minimum Gasteiger partial charge on any atom is -0.496 e. The van der Waals surface area contributed by atoms with Crippen LogP contribution in [0.2, 0.25) is 0 Å². The van der Waals surface area contributed by atoms with Crippen LogP contribution in [-0.2, 0) is 16.1 Å². The highest BCUT2D eigenvalue weighted by Gasteiger charge is 2.53. The second kappa shape index (κ2) is 12.4. The van der Waals surface area contributed by atoms with Gasteiger partial charge in [-0.15, -0.1) is 0 Å². The van der Waals surface area contributed by atoms with E-state index in [-0.39, 0.29) is 48.3 Å². The molecule has 11 nitrogen and oxygen atoms in total. The fourth-order valence-electron chi connectivity index (χ4n) is 5.98. The molecule has 0 bridgehead atoms. The van der Waals surface area contributed by atoms with Gasteiger partial charge in [0.25, 0.3) is 11.8 Å². The predicted molar refractivity (Wildman–Crippen MR) is 166 cm³/mol. The maximum Gasteiger partial charge on any atom is 0.294 e. The van der Waals surface area contributed by atoms with E-state index >= 15 is 0 Å². The smallest absolute Gasteiger partial charge is 0.294 e. The molecule has 1 fully saturated rings. The van der Waals surface area contributed by atoms with Gasteiger partial charge in [-0.1, -0.05) is 19.9 Å². The Hall–Kier alpha value is -4.56. The van der Waals surface area contributed by atoms with Gasteiger partial charge in [0, 0.05) is 36.4 Å². The fourth-order valence-corrected chi connectivity index (χ4v) is 5.98. The average molecular weight is 617 g/mol. The number of benzene rings is 2. The zero-order valence-electron chi connectivity index (χ0n) is 26.6. The van der Waals surface area contributed by atoms with Crippen LogP contribution in [0.25, 0.3) is 11.0 Å². The lowest BCUT2D eigenvalue weighted by Gasteiger charge is -2.48. The molecule has 5 rings (SSSR count). The lowest BCUT2D eigenvalue weighted by molar-refractivity contribution is -0.138. The Labute approximate surface area is 262 Å². The van der Waals surface area contributed by atoms with Gasteiger partial charge in [-0.3, -0.25) is 14.4 Å². The number of furan rings is 1. The second-order valence-electron chi connectivity index (χ2n) is 12.2. The molecular weight excluding hydrogens is 576 g/mol. The molecule has 3 amide bonds. The van der Waals surface area contributed by atoms with Crippen LogP contribution in [0.4, 0.5) is 0 Å². The SMILES string of the molecule is CCC(C)(CC)NC(=O)c1ccc2c3c(oc2c1)C(=O)N([C@H]1C[C@@H](OC)C1)C(C)(C(=O)NCc1c(C#N)cccc1OC)CO3. The molecule has 1 aromatic heterocycles. The highest BCUT2D eigenvalue weighted by molar-refractivity contribution is 6.06. The molecule has 2 aromatic carbocycles. The summed E-state index contributed by atoms with van der Waals surface area (Å²) >= 11 is 0. The Morgan fingerprint density at radius 2 is 1.91 bits per heavy atom. The van der Waals surface area contributed by atoms with E-state index in [4.69, 9.17) is 18.6 Å². The molecule has 2 N–H and O–H groups in total. The summed E-state index contributed by atoms with van der Waals surface area (Å²) in [5, 5.41) is 16.2. The lowest BCUT2D eigenvalue weighted by atomic mass is 9.83. The summed E-state index contributed by atoms with van der Waals surface area (Å²) in [6.45, 7) is 7.59. The number of nitrogens with zero attached hydrogens (tertiary/aromatic N) is 2. The minimum absolute atomic E-state index is 0.0150. The maximum absolute atomic E-state index is 14.3.